The molecule has 0 aliphatic carbocycles. The molecule has 0 spiro atoms. The van der Waals surface area contributed by atoms with E-state index in [0.717, 1.165) is 0 Å². The Hall–Kier alpha value is -1.76. The van der Waals surface area contributed by atoms with Gasteiger partial charge in [-0.15, -0.1) is 0 Å². The Kier molecular flexibility index (Phi) is 2.70. The van der Waals surface area contributed by atoms with Gasteiger partial charge in [0.1, 0.15) is 6.04 Å². The van der Waals surface area contributed by atoms with Crippen LogP contribution in [0.1, 0.15) is 17.5 Å². The van der Waals surface area contributed by atoms with Gasteiger partial charge in [-0.25, -0.2) is 0 Å². The largest absolute Gasteiger partial charge is 0.459 e. The lowest BCUT2D eigenvalue weighted by atomic mass is 10.3. The minimum absolute atomic E-state index is 0.254. The molecule has 0 radical (unpaired) electrons. The van der Waals surface area contributed by atoms with Crippen molar-refractivity contribution in [3.63, 3.8) is 0 Å². The second kappa shape index (κ2) is 3.76. The van der Waals surface area contributed by atoms with Crippen LogP contribution in [0, 0.1) is 11.3 Å². The molecule has 1 unspecified atom stereocenters. The van der Waals surface area contributed by atoms with Crippen LogP contribution >= 0.6 is 0 Å². The Labute approximate surface area is 76.4 Å². The molecular weight excluding hydrogens is 168 g/mol. The average molecular weight is 178 g/mol. The summed E-state index contributed by atoms with van der Waals surface area (Å²) in [5.41, 5.74) is 0. The first-order chi connectivity index (χ1) is 6.16. The third kappa shape index (κ3) is 1.88. The monoisotopic (exact) mass is 178 g/mol. The van der Waals surface area contributed by atoms with Crippen LogP contribution < -0.4 is 0 Å². The van der Waals surface area contributed by atoms with E-state index in [4.69, 9.17) is 9.68 Å². The van der Waals surface area contributed by atoms with E-state index in [-0.39, 0.29) is 11.7 Å². The lowest BCUT2D eigenvalue weighted by Crippen LogP contribution is -2.33. The Balaban J connectivity index is 2.75. The maximum atomic E-state index is 11.5. The van der Waals surface area contributed by atoms with Gasteiger partial charge in [-0.2, -0.15) is 5.26 Å². The molecule has 0 aromatic carbocycles. The van der Waals surface area contributed by atoms with Crippen LogP contribution in [-0.2, 0) is 0 Å². The van der Waals surface area contributed by atoms with Crippen molar-refractivity contribution in [1.82, 2.24) is 4.90 Å². The zero-order chi connectivity index (χ0) is 9.84. The lowest BCUT2D eigenvalue weighted by Gasteiger charge is -2.17. The molecule has 68 valence electrons. The number of hydrogen-bond donors (Lipinski definition) is 0. The van der Waals surface area contributed by atoms with E-state index in [1.165, 1.54) is 11.2 Å². The maximum Gasteiger partial charge on any atom is 0.290 e. The maximum absolute atomic E-state index is 11.5. The highest BCUT2D eigenvalue weighted by molar-refractivity contribution is 5.91. The molecule has 13 heavy (non-hydrogen) atoms. The fourth-order valence-corrected chi connectivity index (χ4v) is 0.837. The Morgan fingerprint density at radius 1 is 1.77 bits per heavy atom. The van der Waals surface area contributed by atoms with Crippen molar-refractivity contribution < 1.29 is 9.21 Å². The van der Waals surface area contributed by atoms with Crippen LogP contribution in [0.25, 0.3) is 0 Å². The SMILES string of the molecule is CC(C#N)N(C)C(=O)c1ccco1. The molecule has 0 saturated carbocycles. The molecule has 1 amide bonds. The fourth-order valence-electron chi connectivity index (χ4n) is 0.837. The van der Waals surface area contributed by atoms with Gasteiger partial charge in [0.25, 0.3) is 5.91 Å². The highest BCUT2D eigenvalue weighted by Gasteiger charge is 2.18. The minimum atomic E-state index is -0.447. The van der Waals surface area contributed by atoms with E-state index in [2.05, 4.69) is 0 Å². The fraction of sp³-hybridized carbons (Fsp3) is 0.333. The van der Waals surface area contributed by atoms with E-state index in [9.17, 15) is 4.79 Å². The number of amides is 1. The summed E-state index contributed by atoms with van der Waals surface area (Å²) >= 11 is 0. The molecule has 1 rings (SSSR count). The summed E-state index contributed by atoms with van der Waals surface area (Å²) in [6.45, 7) is 1.65. The van der Waals surface area contributed by atoms with Crippen molar-refractivity contribution in [3.8, 4) is 6.07 Å². The summed E-state index contributed by atoms with van der Waals surface area (Å²) in [7, 11) is 1.57. The number of rotatable bonds is 2. The van der Waals surface area contributed by atoms with E-state index < -0.39 is 6.04 Å². The summed E-state index contributed by atoms with van der Waals surface area (Å²) < 4.78 is 4.91. The van der Waals surface area contributed by atoms with Crippen molar-refractivity contribution in [3.05, 3.63) is 24.2 Å². The molecule has 0 fully saturated rings. The molecule has 1 aromatic rings. The average Bonchev–Trinajstić information content (AvgIpc) is 2.67. The van der Waals surface area contributed by atoms with Gasteiger partial charge >= 0.3 is 0 Å². The van der Waals surface area contributed by atoms with Crippen molar-refractivity contribution in [2.75, 3.05) is 7.05 Å². The first-order valence-corrected chi connectivity index (χ1v) is 3.87. The first-order valence-electron chi connectivity index (χ1n) is 3.87. The Bertz CT molecular complexity index is 324. The smallest absolute Gasteiger partial charge is 0.290 e. The van der Waals surface area contributed by atoms with Crippen LogP contribution in [-0.4, -0.2) is 23.9 Å². The molecule has 0 bridgehead atoms. The van der Waals surface area contributed by atoms with Gasteiger partial charge in [-0.05, 0) is 19.1 Å². The molecule has 1 atom stereocenters. The third-order valence-electron chi connectivity index (χ3n) is 1.82. The first kappa shape index (κ1) is 9.33. The van der Waals surface area contributed by atoms with Gasteiger partial charge in [0.15, 0.2) is 5.76 Å². The third-order valence-corrected chi connectivity index (χ3v) is 1.82. The summed E-state index contributed by atoms with van der Waals surface area (Å²) in [5.74, 6) is -0.0244. The molecular formula is C9H10N2O2. The molecule has 4 nitrogen and oxygen atoms in total. The van der Waals surface area contributed by atoms with E-state index >= 15 is 0 Å². The molecule has 1 aromatic heterocycles. The standard InChI is InChI=1S/C9H10N2O2/c1-7(6-10)11(2)9(12)8-4-3-5-13-8/h3-5,7H,1-2H3. The molecule has 0 aliphatic heterocycles. The van der Waals surface area contributed by atoms with Gasteiger partial charge in [-0.3, -0.25) is 4.79 Å². The van der Waals surface area contributed by atoms with Crippen molar-refractivity contribution >= 4 is 5.91 Å². The minimum Gasteiger partial charge on any atom is -0.459 e. The summed E-state index contributed by atoms with van der Waals surface area (Å²) in [4.78, 5) is 12.8. The number of nitriles is 1. The second-order valence-electron chi connectivity index (χ2n) is 2.70. The summed E-state index contributed by atoms with van der Waals surface area (Å²) in [6.07, 6.45) is 1.43. The van der Waals surface area contributed by atoms with E-state index in [1.54, 1.807) is 26.1 Å². The second-order valence-corrected chi connectivity index (χ2v) is 2.70. The van der Waals surface area contributed by atoms with E-state index in [0.29, 0.717) is 0 Å². The van der Waals surface area contributed by atoms with Crippen LogP contribution in [0.5, 0.6) is 0 Å². The quantitative estimate of drug-likeness (QED) is 0.685. The number of carbonyl (C=O) groups is 1. The molecule has 1 heterocycles. The molecule has 4 heteroatoms. The number of furan rings is 1. The van der Waals surface area contributed by atoms with Gasteiger partial charge in [0.05, 0.1) is 12.3 Å². The van der Waals surface area contributed by atoms with Gasteiger partial charge in [-0.1, -0.05) is 0 Å². The number of hydrogen-bond acceptors (Lipinski definition) is 3. The van der Waals surface area contributed by atoms with Gasteiger partial charge < -0.3 is 9.32 Å². The van der Waals surface area contributed by atoms with Crippen LogP contribution in [0.4, 0.5) is 0 Å². The van der Waals surface area contributed by atoms with Gasteiger partial charge in [0.2, 0.25) is 0 Å². The van der Waals surface area contributed by atoms with Crippen molar-refractivity contribution in [2.45, 2.75) is 13.0 Å². The Morgan fingerprint density at radius 3 is 2.92 bits per heavy atom. The molecule has 0 aliphatic rings. The van der Waals surface area contributed by atoms with Crippen molar-refractivity contribution in [2.24, 2.45) is 0 Å². The Morgan fingerprint density at radius 2 is 2.46 bits per heavy atom. The topological polar surface area (TPSA) is 57.2 Å². The zero-order valence-corrected chi connectivity index (χ0v) is 7.52. The number of nitrogens with zero attached hydrogens (tertiary/aromatic N) is 2. The number of carbonyl (C=O) groups excluding carboxylic acids is 1. The van der Waals surface area contributed by atoms with Crippen LogP contribution in [0.15, 0.2) is 22.8 Å². The van der Waals surface area contributed by atoms with E-state index in [1.807, 2.05) is 6.07 Å². The lowest BCUT2D eigenvalue weighted by molar-refractivity contribution is 0.0741. The van der Waals surface area contributed by atoms with Crippen LogP contribution in [0.2, 0.25) is 0 Å². The van der Waals surface area contributed by atoms with Crippen LogP contribution in [0.3, 0.4) is 0 Å². The summed E-state index contributed by atoms with van der Waals surface area (Å²) in [6, 6.07) is 4.73. The molecule has 0 saturated heterocycles. The zero-order valence-electron chi connectivity index (χ0n) is 7.52. The van der Waals surface area contributed by atoms with Gasteiger partial charge in [0, 0.05) is 7.05 Å². The predicted molar refractivity (Wildman–Crippen MR) is 45.9 cm³/mol. The summed E-state index contributed by atoms with van der Waals surface area (Å²) in [5, 5.41) is 8.58. The highest BCUT2D eigenvalue weighted by Crippen LogP contribution is 2.06. The molecule has 0 N–H and O–H groups in total. The normalized spacial score (nSPS) is 11.8. The predicted octanol–water partition coefficient (Wildman–Crippen LogP) is 1.26. The highest BCUT2D eigenvalue weighted by atomic mass is 16.3. The van der Waals surface area contributed by atoms with Crippen molar-refractivity contribution in [1.29, 1.82) is 5.26 Å².